The second-order valence-corrected chi connectivity index (χ2v) is 3.61. The number of carbonyl (C=O) groups excluding carboxylic acids is 1. The van der Waals surface area contributed by atoms with E-state index < -0.39 is 0 Å². The van der Waals surface area contributed by atoms with Crippen LogP contribution in [0.25, 0.3) is 0 Å². The van der Waals surface area contributed by atoms with Gasteiger partial charge in [-0.1, -0.05) is 0 Å². The Kier molecular flexibility index (Phi) is 2.19. The molecule has 1 amide bonds. The number of carbonyl (C=O) groups is 1. The van der Waals surface area contributed by atoms with Gasteiger partial charge >= 0.3 is 0 Å². The molecular weight excluding hydrogens is 166 g/mol. The van der Waals surface area contributed by atoms with Crippen molar-refractivity contribution in [2.24, 2.45) is 0 Å². The van der Waals surface area contributed by atoms with E-state index in [1.165, 1.54) is 0 Å². The summed E-state index contributed by atoms with van der Waals surface area (Å²) in [5.74, 6) is 0.121. The first kappa shape index (κ1) is 8.52. The quantitative estimate of drug-likeness (QED) is 0.609. The summed E-state index contributed by atoms with van der Waals surface area (Å²) >= 11 is 0. The molecule has 0 saturated carbocycles. The van der Waals surface area contributed by atoms with E-state index in [1.807, 2.05) is 0 Å². The summed E-state index contributed by atoms with van der Waals surface area (Å²) in [6, 6.07) is 1.96. The van der Waals surface area contributed by atoms with Crippen LogP contribution in [0.5, 0.6) is 0 Å². The van der Waals surface area contributed by atoms with E-state index >= 15 is 0 Å². The molecule has 1 N–H and O–H groups in total. The number of nitrogens with one attached hydrogen (secondary N) is 1. The average Bonchev–Trinajstić information content (AvgIpc) is 2.54. The Morgan fingerprint density at radius 2 is 2.38 bits per heavy atom. The van der Waals surface area contributed by atoms with E-state index in [1.54, 1.807) is 4.90 Å². The Morgan fingerprint density at radius 1 is 1.54 bits per heavy atom. The molecule has 1 unspecified atom stereocenters. The van der Waals surface area contributed by atoms with Gasteiger partial charge in [-0.15, -0.1) is 0 Å². The third-order valence-corrected chi connectivity index (χ3v) is 2.81. The molecule has 2 atom stereocenters. The normalized spacial score (nSPS) is 32.4. The van der Waals surface area contributed by atoms with Gasteiger partial charge in [0, 0.05) is 6.54 Å². The van der Waals surface area contributed by atoms with Crippen molar-refractivity contribution in [1.29, 1.82) is 5.26 Å². The molecule has 0 aromatic carbocycles. The summed E-state index contributed by atoms with van der Waals surface area (Å²) in [6.07, 6.45) is 2.84. The number of nitrogens with zero attached hydrogens (tertiary/aromatic N) is 2. The SMILES string of the molecule is N#C[C@@H]1CCN1C(=O)C1CCCN1. The first-order valence-electron chi connectivity index (χ1n) is 4.76. The monoisotopic (exact) mass is 179 g/mol. The topological polar surface area (TPSA) is 56.1 Å². The molecule has 2 heterocycles. The van der Waals surface area contributed by atoms with Crippen LogP contribution >= 0.6 is 0 Å². The summed E-state index contributed by atoms with van der Waals surface area (Å²) in [5, 5.41) is 11.8. The van der Waals surface area contributed by atoms with Gasteiger partial charge in [0.1, 0.15) is 6.04 Å². The maximum atomic E-state index is 11.7. The van der Waals surface area contributed by atoms with Crippen molar-refractivity contribution in [3.8, 4) is 6.07 Å². The lowest BCUT2D eigenvalue weighted by Crippen LogP contribution is -2.55. The number of rotatable bonds is 1. The summed E-state index contributed by atoms with van der Waals surface area (Å²) in [5.41, 5.74) is 0. The Bertz CT molecular complexity index is 252. The lowest BCUT2D eigenvalue weighted by molar-refractivity contribution is -0.138. The van der Waals surface area contributed by atoms with Crippen LogP contribution in [0.1, 0.15) is 19.3 Å². The Balaban J connectivity index is 1.93. The van der Waals surface area contributed by atoms with Crippen molar-refractivity contribution in [1.82, 2.24) is 10.2 Å². The fourth-order valence-corrected chi connectivity index (χ4v) is 1.88. The highest BCUT2D eigenvalue weighted by Gasteiger charge is 2.36. The summed E-state index contributed by atoms with van der Waals surface area (Å²) in [4.78, 5) is 13.4. The Hall–Kier alpha value is -1.08. The summed E-state index contributed by atoms with van der Waals surface area (Å²) in [7, 11) is 0. The van der Waals surface area contributed by atoms with Crippen LogP contribution in [0.15, 0.2) is 0 Å². The highest BCUT2D eigenvalue weighted by molar-refractivity contribution is 5.83. The molecule has 13 heavy (non-hydrogen) atoms. The van der Waals surface area contributed by atoms with Crippen LogP contribution in [0.2, 0.25) is 0 Å². The minimum Gasteiger partial charge on any atom is -0.325 e. The van der Waals surface area contributed by atoms with Crippen LogP contribution in [0.3, 0.4) is 0 Å². The fourth-order valence-electron chi connectivity index (χ4n) is 1.88. The number of nitriles is 1. The number of hydrogen-bond acceptors (Lipinski definition) is 3. The van der Waals surface area contributed by atoms with Crippen LogP contribution in [0.4, 0.5) is 0 Å². The van der Waals surface area contributed by atoms with Crippen LogP contribution in [0, 0.1) is 11.3 Å². The number of hydrogen-bond donors (Lipinski definition) is 1. The van der Waals surface area contributed by atoms with Gasteiger partial charge in [0.05, 0.1) is 12.1 Å². The fraction of sp³-hybridized carbons (Fsp3) is 0.778. The first-order valence-corrected chi connectivity index (χ1v) is 4.76. The van der Waals surface area contributed by atoms with Gasteiger partial charge in [-0.2, -0.15) is 5.26 Å². The van der Waals surface area contributed by atoms with Crippen molar-refractivity contribution in [2.75, 3.05) is 13.1 Å². The van der Waals surface area contributed by atoms with E-state index in [0.29, 0.717) is 0 Å². The van der Waals surface area contributed by atoms with Crippen molar-refractivity contribution in [3.63, 3.8) is 0 Å². The molecule has 0 bridgehead atoms. The molecule has 2 saturated heterocycles. The molecular formula is C9H13N3O. The van der Waals surface area contributed by atoms with Crippen molar-refractivity contribution in [3.05, 3.63) is 0 Å². The molecule has 2 aliphatic rings. The molecule has 0 spiro atoms. The zero-order valence-corrected chi connectivity index (χ0v) is 7.49. The Morgan fingerprint density at radius 3 is 2.85 bits per heavy atom. The maximum absolute atomic E-state index is 11.7. The van der Waals surface area contributed by atoms with E-state index in [-0.39, 0.29) is 18.0 Å². The second-order valence-electron chi connectivity index (χ2n) is 3.61. The van der Waals surface area contributed by atoms with Gasteiger partial charge in [-0.05, 0) is 25.8 Å². The van der Waals surface area contributed by atoms with Gasteiger partial charge in [0.2, 0.25) is 5.91 Å². The minimum absolute atomic E-state index is 0.0175. The molecule has 4 nitrogen and oxygen atoms in total. The minimum atomic E-state index is -0.157. The highest BCUT2D eigenvalue weighted by Crippen LogP contribution is 2.19. The van der Waals surface area contributed by atoms with Crippen LogP contribution in [-0.4, -0.2) is 36.0 Å². The Labute approximate surface area is 77.5 Å². The summed E-state index contributed by atoms with van der Waals surface area (Å²) < 4.78 is 0. The third-order valence-electron chi connectivity index (χ3n) is 2.81. The molecule has 2 aliphatic heterocycles. The maximum Gasteiger partial charge on any atom is 0.240 e. The molecule has 4 heteroatoms. The smallest absolute Gasteiger partial charge is 0.240 e. The van der Waals surface area contributed by atoms with Crippen LogP contribution in [-0.2, 0) is 4.79 Å². The predicted molar refractivity (Wildman–Crippen MR) is 46.8 cm³/mol. The molecule has 2 fully saturated rings. The van der Waals surface area contributed by atoms with E-state index in [4.69, 9.17) is 5.26 Å². The second kappa shape index (κ2) is 3.35. The summed E-state index contributed by atoms with van der Waals surface area (Å²) in [6.45, 7) is 1.69. The molecule has 0 radical (unpaired) electrons. The largest absolute Gasteiger partial charge is 0.325 e. The molecule has 0 aromatic heterocycles. The molecule has 0 aromatic rings. The van der Waals surface area contributed by atoms with E-state index in [9.17, 15) is 4.79 Å². The first-order chi connectivity index (χ1) is 6.33. The van der Waals surface area contributed by atoms with E-state index in [0.717, 1.165) is 32.4 Å². The zero-order valence-electron chi connectivity index (χ0n) is 7.49. The van der Waals surface area contributed by atoms with Crippen molar-refractivity contribution < 1.29 is 4.79 Å². The molecule has 2 rings (SSSR count). The van der Waals surface area contributed by atoms with Gasteiger partial charge in [0.15, 0.2) is 0 Å². The number of likely N-dealkylation sites (tertiary alicyclic amines) is 1. The highest BCUT2D eigenvalue weighted by atomic mass is 16.2. The third kappa shape index (κ3) is 1.40. The predicted octanol–water partition coefficient (Wildman–Crippen LogP) is -0.137. The average molecular weight is 179 g/mol. The van der Waals surface area contributed by atoms with Gasteiger partial charge in [-0.25, -0.2) is 0 Å². The number of amides is 1. The molecule has 70 valence electrons. The standard InChI is InChI=1S/C9H13N3O/c10-6-7-3-5-12(7)9(13)8-2-1-4-11-8/h7-8,11H,1-5H2/t7-,8?/m0/s1. The van der Waals surface area contributed by atoms with Crippen LogP contribution < -0.4 is 5.32 Å². The lowest BCUT2D eigenvalue weighted by Gasteiger charge is -2.37. The zero-order chi connectivity index (χ0) is 9.26. The molecule has 0 aliphatic carbocycles. The van der Waals surface area contributed by atoms with E-state index in [2.05, 4.69) is 11.4 Å². The van der Waals surface area contributed by atoms with Gasteiger partial charge in [0.25, 0.3) is 0 Å². The lowest BCUT2D eigenvalue weighted by atomic mass is 10.0. The van der Waals surface area contributed by atoms with Gasteiger partial charge in [-0.3, -0.25) is 4.79 Å². The van der Waals surface area contributed by atoms with Crippen molar-refractivity contribution >= 4 is 5.91 Å². The van der Waals surface area contributed by atoms with Gasteiger partial charge < -0.3 is 10.2 Å². The van der Waals surface area contributed by atoms with Crippen molar-refractivity contribution in [2.45, 2.75) is 31.3 Å².